The molecule has 0 spiro atoms. The van der Waals surface area contributed by atoms with Crippen LogP contribution in [0.15, 0.2) is 0 Å². The molecule has 20 heavy (non-hydrogen) atoms. The van der Waals surface area contributed by atoms with Crippen LogP contribution < -0.4 is 0 Å². The van der Waals surface area contributed by atoms with Crippen molar-refractivity contribution in [1.82, 2.24) is 0 Å². The summed E-state index contributed by atoms with van der Waals surface area (Å²) in [4.78, 5) is 10.6. The smallest absolute Gasteiger partial charge is 0.190 e. The van der Waals surface area contributed by atoms with E-state index in [0.717, 1.165) is 6.29 Å². The molecule has 3 rings (SSSR count). The van der Waals surface area contributed by atoms with E-state index in [2.05, 4.69) is 0 Å². The van der Waals surface area contributed by atoms with Gasteiger partial charge in [0.1, 0.15) is 24.6 Å². The van der Waals surface area contributed by atoms with Crippen LogP contribution in [0.2, 0.25) is 0 Å². The van der Waals surface area contributed by atoms with E-state index < -0.39 is 17.9 Å². The molecule has 0 bridgehead atoms. The quantitative estimate of drug-likeness (QED) is 0.730. The van der Waals surface area contributed by atoms with Gasteiger partial charge in [0.2, 0.25) is 0 Å². The summed E-state index contributed by atoms with van der Waals surface area (Å²) in [5.41, 5.74) is 0. The molecule has 6 nitrogen and oxygen atoms in total. The van der Waals surface area contributed by atoms with Crippen LogP contribution in [-0.4, -0.2) is 48.6 Å². The highest BCUT2D eigenvalue weighted by Crippen LogP contribution is 2.44. The van der Waals surface area contributed by atoms with E-state index in [1.54, 1.807) is 0 Å². The van der Waals surface area contributed by atoms with Crippen LogP contribution in [0.1, 0.15) is 40.5 Å². The van der Waals surface area contributed by atoms with Crippen molar-refractivity contribution in [3.63, 3.8) is 0 Å². The Labute approximate surface area is 118 Å². The molecule has 0 aromatic rings. The Bertz CT molecular complexity index is 393. The average molecular weight is 286 g/mol. The summed E-state index contributed by atoms with van der Waals surface area (Å²) in [7, 11) is 0. The lowest BCUT2D eigenvalue weighted by atomic mass is 9.96. The molecule has 3 heterocycles. The number of fused-ring (bicyclic) bond motifs is 3. The summed E-state index contributed by atoms with van der Waals surface area (Å²) < 4.78 is 29.5. The molecule has 3 saturated heterocycles. The average Bonchev–Trinajstić information content (AvgIpc) is 2.80. The Kier molecular flexibility index (Phi) is 3.42. The highest BCUT2D eigenvalue weighted by Gasteiger charge is 2.60. The van der Waals surface area contributed by atoms with Gasteiger partial charge in [-0.15, -0.1) is 0 Å². The number of aldehydes is 1. The first kappa shape index (κ1) is 14.4. The van der Waals surface area contributed by atoms with Gasteiger partial charge in [0.25, 0.3) is 0 Å². The topological polar surface area (TPSA) is 63.2 Å². The maximum atomic E-state index is 10.6. The van der Waals surface area contributed by atoms with Gasteiger partial charge in [0.05, 0.1) is 6.10 Å². The minimum Gasteiger partial charge on any atom is -0.344 e. The number of ether oxygens (including phenoxy) is 5. The lowest BCUT2D eigenvalue weighted by Gasteiger charge is -2.37. The summed E-state index contributed by atoms with van der Waals surface area (Å²) >= 11 is 0. The zero-order valence-electron chi connectivity index (χ0n) is 12.3. The lowest BCUT2D eigenvalue weighted by Crippen LogP contribution is -2.54. The molecule has 0 saturated carbocycles. The molecule has 0 aliphatic carbocycles. The Morgan fingerprint density at radius 3 is 2.20 bits per heavy atom. The maximum Gasteiger partial charge on any atom is 0.190 e. The third-order valence-corrected chi connectivity index (χ3v) is 3.82. The second-order valence-corrected chi connectivity index (χ2v) is 6.45. The summed E-state index contributed by atoms with van der Waals surface area (Å²) in [6.45, 7) is 7.45. The van der Waals surface area contributed by atoms with Crippen molar-refractivity contribution in [3.8, 4) is 0 Å². The standard InChI is InChI=1S/C14H22O6/c1-13(2)17-9-8(6-5-7-15)16-12-11(10(9)18-13)19-14(3,4)20-12/h7-12H,5-6H2,1-4H3/t8-,9+,10+,11-,12-/m1/s1. The molecule has 114 valence electrons. The van der Waals surface area contributed by atoms with E-state index in [9.17, 15) is 4.79 Å². The minimum atomic E-state index is -0.699. The van der Waals surface area contributed by atoms with Crippen LogP contribution in [0.5, 0.6) is 0 Å². The molecule has 0 amide bonds. The Morgan fingerprint density at radius 1 is 0.900 bits per heavy atom. The molecular weight excluding hydrogens is 264 g/mol. The first-order valence-electron chi connectivity index (χ1n) is 7.12. The Morgan fingerprint density at radius 2 is 1.50 bits per heavy atom. The van der Waals surface area contributed by atoms with Crippen molar-refractivity contribution in [2.45, 2.75) is 82.8 Å². The van der Waals surface area contributed by atoms with E-state index >= 15 is 0 Å². The third kappa shape index (κ3) is 2.51. The van der Waals surface area contributed by atoms with E-state index in [4.69, 9.17) is 23.7 Å². The molecule has 6 heteroatoms. The van der Waals surface area contributed by atoms with Gasteiger partial charge in [0.15, 0.2) is 17.9 Å². The van der Waals surface area contributed by atoms with Gasteiger partial charge < -0.3 is 28.5 Å². The molecule has 0 N–H and O–H groups in total. The molecular formula is C14H22O6. The van der Waals surface area contributed by atoms with Crippen LogP contribution in [0.4, 0.5) is 0 Å². The lowest BCUT2D eigenvalue weighted by molar-refractivity contribution is -0.234. The molecule has 3 fully saturated rings. The Balaban J connectivity index is 1.82. The Hall–Kier alpha value is -0.530. The maximum absolute atomic E-state index is 10.6. The molecule has 0 unspecified atom stereocenters. The monoisotopic (exact) mass is 286 g/mol. The molecule has 3 aliphatic rings. The predicted octanol–water partition coefficient (Wildman–Crippen LogP) is 1.36. The van der Waals surface area contributed by atoms with Crippen molar-refractivity contribution < 1.29 is 28.5 Å². The third-order valence-electron chi connectivity index (χ3n) is 3.82. The fourth-order valence-electron chi connectivity index (χ4n) is 3.16. The van der Waals surface area contributed by atoms with Crippen LogP contribution in [-0.2, 0) is 28.5 Å². The van der Waals surface area contributed by atoms with Crippen LogP contribution >= 0.6 is 0 Å². The van der Waals surface area contributed by atoms with E-state index in [-0.39, 0.29) is 24.4 Å². The normalized spacial score (nSPS) is 44.9. The fraction of sp³-hybridized carbons (Fsp3) is 0.929. The van der Waals surface area contributed by atoms with E-state index in [1.807, 2.05) is 27.7 Å². The van der Waals surface area contributed by atoms with Gasteiger partial charge in [-0.1, -0.05) is 0 Å². The zero-order chi connectivity index (χ0) is 14.5. The second-order valence-electron chi connectivity index (χ2n) is 6.45. The highest BCUT2D eigenvalue weighted by atomic mass is 16.9. The minimum absolute atomic E-state index is 0.217. The molecule has 0 aromatic carbocycles. The number of rotatable bonds is 3. The van der Waals surface area contributed by atoms with Crippen LogP contribution in [0, 0.1) is 0 Å². The summed E-state index contributed by atoms with van der Waals surface area (Å²) in [5, 5.41) is 0. The van der Waals surface area contributed by atoms with Gasteiger partial charge >= 0.3 is 0 Å². The number of carbonyl (C=O) groups excluding carboxylic acids is 1. The molecule has 0 radical (unpaired) electrons. The van der Waals surface area contributed by atoms with Crippen molar-refractivity contribution in [2.24, 2.45) is 0 Å². The summed E-state index contributed by atoms with van der Waals surface area (Å²) in [6.07, 6.45) is 0.457. The number of hydrogen-bond donors (Lipinski definition) is 0. The van der Waals surface area contributed by atoms with Gasteiger partial charge in [-0.25, -0.2) is 0 Å². The van der Waals surface area contributed by atoms with Gasteiger partial charge in [-0.2, -0.15) is 0 Å². The number of carbonyl (C=O) groups is 1. The molecule has 0 aromatic heterocycles. The summed E-state index contributed by atoms with van der Waals surface area (Å²) in [6, 6.07) is 0. The highest BCUT2D eigenvalue weighted by molar-refractivity contribution is 5.49. The fourth-order valence-corrected chi connectivity index (χ4v) is 3.16. The second kappa shape index (κ2) is 4.74. The SMILES string of the molecule is CC1(C)O[C@H]2[C@@H](O1)[C@@H](CCC=O)O[C@@H]1OC(C)(C)O[C@@H]12. The first-order valence-corrected chi connectivity index (χ1v) is 7.12. The van der Waals surface area contributed by atoms with Crippen molar-refractivity contribution in [3.05, 3.63) is 0 Å². The summed E-state index contributed by atoms with van der Waals surface area (Å²) in [5.74, 6) is -1.38. The number of hydrogen-bond acceptors (Lipinski definition) is 6. The zero-order valence-corrected chi connectivity index (χ0v) is 12.3. The van der Waals surface area contributed by atoms with Gasteiger partial charge in [0, 0.05) is 6.42 Å². The van der Waals surface area contributed by atoms with E-state index in [1.165, 1.54) is 0 Å². The van der Waals surface area contributed by atoms with Crippen molar-refractivity contribution >= 4 is 6.29 Å². The van der Waals surface area contributed by atoms with Crippen molar-refractivity contribution in [2.75, 3.05) is 0 Å². The largest absolute Gasteiger partial charge is 0.344 e. The molecule has 5 atom stereocenters. The predicted molar refractivity (Wildman–Crippen MR) is 67.8 cm³/mol. The molecule has 3 aliphatic heterocycles. The van der Waals surface area contributed by atoms with Crippen molar-refractivity contribution in [1.29, 1.82) is 0 Å². The van der Waals surface area contributed by atoms with Gasteiger partial charge in [-0.3, -0.25) is 0 Å². The van der Waals surface area contributed by atoms with E-state index in [0.29, 0.717) is 12.8 Å². The van der Waals surface area contributed by atoms with Crippen LogP contribution in [0.25, 0.3) is 0 Å². The van der Waals surface area contributed by atoms with Gasteiger partial charge in [-0.05, 0) is 34.1 Å². The first-order chi connectivity index (χ1) is 9.31. The van der Waals surface area contributed by atoms with Crippen LogP contribution in [0.3, 0.4) is 0 Å².